The second-order valence-corrected chi connectivity index (χ2v) is 2.55. The molecule has 0 spiro atoms. The molecule has 0 N–H and O–H groups in total. The molecule has 1 radical (unpaired) electrons. The Bertz CT molecular complexity index is 69.7. The van der Waals surface area contributed by atoms with Crippen LogP contribution in [-0.4, -0.2) is 18.8 Å². The Morgan fingerprint density at radius 2 is 1.90 bits per heavy atom. The highest BCUT2D eigenvalue weighted by molar-refractivity contribution is 4.55. The van der Waals surface area contributed by atoms with Gasteiger partial charge in [-0.3, -0.25) is 0 Å². The summed E-state index contributed by atoms with van der Waals surface area (Å²) in [4.78, 5) is 0. The fourth-order valence-electron chi connectivity index (χ4n) is 0.678. The van der Waals surface area contributed by atoms with E-state index in [1.54, 1.807) is 0 Å². The lowest BCUT2D eigenvalue weighted by Crippen LogP contribution is -2.21. The first kappa shape index (κ1) is 9.92. The van der Waals surface area contributed by atoms with Crippen molar-refractivity contribution in [2.75, 3.05) is 6.61 Å². The van der Waals surface area contributed by atoms with Crippen molar-refractivity contribution in [1.29, 1.82) is 0 Å². The van der Waals surface area contributed by atoms with Crippen LogP contribution in [0.4, 0.5) is 0 Å². The second kappa shape index (κ2) is 5.69. The largest absolute Gasteiger partial charge is 0.373 e. The van der Waals surface area contributed by atoms with E-state index in [-0.39, 0.29) is 18.8 Å². The number of hydrogen-bond acceptors (Lipinski definition) is 1. The monoisotopic (exact) mass is 145 g/mol. The molecule has 2 atom stereocenters. The molecule has 0 fully saturated rings. The molecule has 0 aromatic rings. The van der Waals surface area contributed by atoms with Crippen LogP contribution in [-0.2, 0) is 9.84 Å². The molecule has 0 saturated heterocycles. The van der Waals surface area contributed by atoms with Crippen molar-refractivity contribution in [2.24, 2.45) is 0 Å². The Morgan fingerprint density at radius 1 is 1.30 bits per heavy atom. The molecular formula is C8H17O2. The van der Waals surface area contributed by atoms with Gasteiger partial charge in [-0.15, -0.1) is 0 Å². The fourth-order valence-corrected chi connectivity index (χ4v) is 0.678. The van der Waals surface area contributed by atoms with E-state index in [1.807, 2.05) is 13.8 Å². The molecule has 0 saturated carbocycles. The first-order chi connectivity index (χ1) is 4.74. The van der Waals surface area contributed by atoms with Crippen molar-refractivity contribution < 1.29 is 9.84 Å². The zero-order chi connectivity index (χ0) is 7.98. The Hall–Kier alpha value is -0.0800. The summed E-state index contributed by atoms with van der Waals surface area (Å²) in [7, 11) is 0. The standard InChI is InChI=1S/C8H17O2/c1-4-7(3)10-8(5-2)6-9/h7-8H,4-6H2,1-3H3. The van der Waals surface area contributed by atoms with Gasteiger partial charge < -0.3 is 4.74 Å². The van der Waals surface area contributed by atoms with E-state index in [1.165, 1.54) is 0 Å². The summed E-state index contributed by atoms with van der Waals surface area (Å²) < 4.78 is 5.39. The van der Waals surface area contributed by atoms with Crippen LogP contribution in [0.1, 0.15) is 33.6 Å². The first-order valence-corrected chi connectivity index (χ1v) is 3.98. The van der Waals surface area contributed by atoms with Crippen LogP contribution in [0.3, 0.4) is 0 Å². The fraction of sp³-hybridized carbons (Fsp3) is 1.00. The normalized spacial score (nSPS) is 16.8. The molecule has 0 heterocycles. The number of hydrogen-bond donors (Lipinski definition) is 0. The molecule has 0 aliphatic heterocycles. The Balaban J connectivity index is 3.41. The molecule has 2 nitrogen and oxygen atoms in total. The smallest absolute Gasteiger partial charge is 0.108 e. The quantitative estimate of drug-likeness (QED) is 0.581. The molecule has 10 heavy (non-hydrogen) atoms. The third kappa shape index (κ3) is 3.85. The minimum Gasteiger partial charge on any atom is -0.373 e. The van der Waals surface area contributed by atoms with E-state index < -0.39 is 0 Å². The van der Waals surface area contributed by atoms with Crippen LogP contribution in [0, 0.1) is 0 Å². The topological polar surface area (TPSA) is 29.1 Å². The molecule has 61 valence electrons. The van der Waals surface area contributed by atoms with Crippen molar-refractivity contribution in [3.63, 3.8) is 0 Å². The average Bonchev–Trinajstić information content (AvgIpc) is 1.99. The summed E-state index contributed by atoms with van der Waals surface area (Å²) in [6, 6.07) is 0. The maximum atomic E-state index is 10.4. The summed E-state index contributed by atoms with van der Waals surface area (Å²) in [6.07, 6.45) is 1.97. The minimum atomic E-state index is -0.110. The van der Waals surface area contributed by atoms with Gasteiger partial charge in [0.2, 0.25) is 0 Å². The molecule has 0 aliphatic rings. The lowest BCUT2D eigenvalue weighted by molar-refractivity contribution is -0.0487. The molecule has 0 aliphatic carbocycles. The van der Waals surface area contributed by atoms with Gasteiger partial charge in [0.25, 0.3) is 0 Å². The van der Waals surface area contributed by atoms with Gasteiger partial charge in [-0.05, 0) is 19.8 Å². The van der Waals surface area contributed by atoms with Crippen LogP contribution in [0.5, 0.6) is 0 Å². The number of ether oxygens (including phenoxy) is 1. The highest BCUT2D eigenvalue weighted by Crippen LogP contribution is 2.04. The van der Waals surface area contributed by atoms with E-state index in [0.717, 1.165) is 12.8 Å². The Labute approximate surface area is 63.2 Å². The van der Waals surface area contributed by atoms with Crippen molar-refractivity contribution >= 4 is 0 Å². The highest BCUT2D eigenvalue weighted by atomic mass is 16.5. The zero-order valence-corrected chi connectivity index (χ0v) is 7.09. The van der Waals surface area contributed by atoms with Crippen molar-refractivity contribution in [2.45, 2.75) is 45.8 Å². The van der Waals surface area contributed by atoms with Gasteiger partial charge in [0.1, 0.15) is 6.61 Å². The third-order valence-electron chi connectivity index (χ3n) is 1.64. The van der Waals surface area contributed by atoms with Gasteiger partial charge in [-0.1, -0.05) is 13.8 Å². The van der Waals surface area contributed by atoms with Crippen molar-refractivity contribution in [3.05, 3.63) is 0 Å². The van der Waals surface area contributed by atoms with E-state index in [9.17, 15) is 5.11 Å². The molecule has 0 aromatic carbocycles. The van der Waals surface area contributed by atoms with E-state index in [2.05, 4.69) is 6.92 Å². The summed E-state index contributed by atoms with van der Waals surface area (Å²) in [5, 5.41) is 10.4. The van der Waals surface area contributed by atoms with E-state index in [0.29, 0.717) is 0 Å². The summed E-state index contributed by atoms with van der Waals surface area (Å²) in [5.74, 6) is 0. The first-order valence-electron chi connectivity index (χ1n) is 3.98. The molecule has 2 heteroatoms. The van der Waals surface area contributed by atoms with Crippen molar-refractivity contribution in [3.8, 4) is 0 Å². The maximum Gasteiger partial charge on any atom is 0.108 e. The lowest BCUT2D eigenvalue weighted by atomic mass is 10.2. The third-order valence-corrected chi connectivity index (χ3v) is 1.64. The van der Waals surface area contributed by atoms with Gasteiger partial charge in [-0.2, -0.15) is 0 Å². The maximum absolute atomic E-state index is 10.4. The van der Waals surface area contributed by atoms with Gasteiger partial charge in [0, 0.05) is 0 Å². The van der Waals surface area contributed by atoms with Crippen LogP contribution in [0.25, 0.3) is 0 Å². The predicted octanol–water partition coefficient (Wildman–Crippen LogP) is 2.01. The molecule has 0 amide bonds. The SMILES string of the molecule is CCC(C)OC(CC)C[O]. The predicted molar refractivity (Wildman–Crippen MR) is 40.5 cm³/mol. The van der Waals surface area contributed by atoms with Gasteiger partial charge in [0.15, 0.2) is 0 Å². The minimum absolute atomic E-state index is 0.0741. The van der Waals surface area contributed by atoms with E-state index in [4.69, 9.17) is 4.74 Å². The van der Waals surface area contributed by atoms with Crippen LogP contribution in [0.15, 0.2) is 0 Å². The summed E-state index contributed by atoms with van der Waals surface area (Å²) in [5.41, 5.74) is 0. The molecule has 2 unspecified atom stereocenters. The second-order valence-electron chi connectivity index (χ2n) is 2.55. The lowest BCUT2D eigenvalue weighted by Gasteiger charge is -2.17. The summed E-state index contributed by atoms with van der Waals surface area (Å²) in [6.45, 7) is 5.92. The van der Waals surface area contributed by atoms with Crippen LogP contribution in [0.2, 0.25) is 0 Å². The van der Waals surface area contributed by atoms with Gasteiger partial charge in [0.05, 0.1) is 12.2 Å². The summed E-state index contributed by atoms with van der Waals surface area (Å²) >= 11 is 0. The molecule has 0 rings (SSSR count). The van der Waals surface area contributed by atoms with E-state index >= 15 is 0 Å². The Kier molecular flexibility index (Phi) is 5.64. The highest BCUT2D eigenvalue weighted by Gasteiger charge is 2.08. The van der Waals surface area contributed by atoms with Crippen molar-refractivity contribution in [1.82, 2.24) is 0 Å². The molecule has 0 aromatic heterocycles. The Morgan fingerprint density at radius 3 is 2.20 bits per heavy atom. The molecular weight excluding hydrogens is 128 g/mol. The zero-order valence-electron chi connectivity index (χ0n) is 7.09. The van der Waals surface area contributed by atoms with Crippen LogP contribution >= 0.6 is 0 Å². The number of rotatable bonds is 5. The average molecular weight is 145 g/mol. The van der Waals surface area contributed by atoms with Crippen LogP contribution < -0.4 is 0 Å². The van der Waals surface area contributed by atoms with Gasteiger partial charge in [-0.25, -0.2) is 5.11 Å². The van der Waals surface area contributed by atoms with Gasteiger partial charge >= 0.3 is 0 Å². The molecule has 0 bridgehead atoms.